The van der Waals surface area contributed by atoms with Crippen LogP contribution in [0.3, 0.4) is 0 Å². The number of pyridine rings is 1. The number of fused-ring (bicyclic) bond motifs is 2. The maximum atomic E-state index is 13.1. The van der Waals surface area contributed by atoms with Gasteiger partial charge in [0.15, 0.2) is 0 Å². The molecule has 1 aromatic heterocycles. The van der Waals surface area contributed by atoms with Crippen molar-refractivity contribution in [1.29, 1.82) is 0 Å². The van der Waals surface area contributed by atoms with E-state index in [9.17, 15) is 22.8 Å². The fourth-order valence-corrected chi connectivity index (χ4v) is 5.91. The number of aryl methyl sites for hydroxylation is 1. The molecule has 12 heteroatoms. The van der Waals surface area contributed by atoms with Crippen molar-refractivity contribution in [2.24, 2.45) is 21.7 Å². The molecular formula is C28H27F3N7O2+. The van der Waals surface area contributed by atoms with E-state index in [-0.39, 0.29) is 27.8 Å². The lowest BCUT2D eigenvalue weighted by Gasteiger charge is -2.35. The maximum absolute atomic E-state index is 13.1. The number of alkyl halides is 3. The van der Waals surface area contributed by atoms with E-state index in [0.29, 0.717) is 36.0 Å². The molecule has 40 heavy (non-hydrogen) atoms. The smallest absolute Gasteiger partial charge is 0.339 e. The molecule has 206 valence electrons. The number of carbonyl (C=O) groups is 2. The molecule has 0 aliphatic carbocycles. The number of aromatic nitrogens is 1. The van der Waals surface area contributed by atoms with Crippen LogP contribution in [-0.4, -0.2) is 50.9 Å². The van der Waals surface area contributed by atoms with Crippen LogP contribution in [-0.2, 0) is 11.0 Å². The maximum Gasteiger partial charge on any atom is 0.416 e. The zero-order valence-electron chi connectivity index (χ0n) is 21.7. The Morgan fingerprint density at radius 3 is 2.77 bits per heavy atom. The number of amides is 2. The van der Waals surface area contributed by atoms with Gasteiger partial charge in [-0.3, -0.25) is 14.6 Å². The van der Waals surface area contributed by atoms with Crippen LogP contribution < -0.4 is 11.2 Å². The van der Waals surface area contributed by atoms with Gasteiger partial charge in [-0.15, -0.1) is 4.59 Å². The summed E-state index contributed by atoms with van der Waals surface area (Å²) in [6, 6.07) is 7.02. The summed E-state index contributed by atoms with van der Waals surface area (Å²) >= 11 is 0. The first kappa shape index (κ1) is 26.1. The molecule has 3 atom stereocenters. The summed E-state index contributed by atoms with van der Waals surface area (Å²) < 4.78 is 39.0. The Bertz CT molecular complexity index is 1540. The van der Waals surface area contributed by atoms with E-state index in [1.807, 2.05) is 4.90 Å². The van der Waals surface area contributed by atoms with E-state index in [2.05, 4.69) is 15.3 Å². The molecule has 0 radical (unpaired) electrons. The number of benzene rings is 1. The van der Waals surface area contributed by atoms with Gasteiger partial charge in [0.1, 0.15) is 17.7 Å². The summed E-state index contributed by atoms with van der Waals surface area (Å²) in [6.07, 6.45) is 4.80. The molecule has 1 unspecified atom stereocenters. The van der Waals surface area contributed by atoms with Crippen molar-refractivity contribution in [2.45, 2.75) is 44.8 Å². The average Bonchev–Trinajstić information content (AvgIpc) is 3.44. The molecule has 6 rings (SSSR count). The molecule has 2 amide bonds. The largest absolute Gasteiger partial charge is 0.416 e. The fraction of sp³-hybridized carbons (Fsp3) is 0.321. The SMILES string of the molecule is Cc1cc(C2=NC([C@@H]3CC[C@H]4CCC(=O)N4C3)=C3C=NC=C[N+]23N)ccc1C(=O)Nc1cc(C(F)(F)F)ccn1. The number of quaternary nitrogens is 1. The van der Waals surface area contributed by atoms with Crippen molar-refractivity contribution in [2.75, 3.05) is 11.9 Å². The fourth-order valence-electron chi connectivity index (χ4n) is 5.91. The Morgan fingerprint density at radius 1 is 1.18 bits per heavy atom. The number of nitrogens with two attached hydrogens (primary N) is 1. The van der Waals surface area contributed by atoms with Crippen LogP contribution >= 0.6 is 0 Å². The lowest BCUT2D eigenvalue weighted by molar-refractivity contribution is -0.750. The topological polar surface area (TPSA) is 113 Å². The summed E-state index contributed by atoms with van der Waals surface area (Å²) in [7, 11) is 0. The predicted octanol–water partition coefficient (Wildman–Crippen LogP) is 4.28. The van der Waals surface area contributed by atoms with Crippen LogP contribution in [0.5, 0.6) is 0 Å². The predicted molar refractivity (Wildman–Crippen MR) is 141 cm³/mol. The second kappa shape index (κ2) is 9.49. The number of anilines is 1. The number of carbonyl (C=O) groups excluding carboxylic acids is 2. The molecule has 1 aromatic carbocycles. The number of rotatable bonds is 4. The van der Waals surface area contributed by atoms with Crippen molar-refractivity contribution in [3.8, 4) is 0 Å². The number of amidine groups is 1. The molecule has 9 nitrogen and oxygen atoms in total. The summed E-state index contributed by atoms with van der Waals surface area (Å²) in [5.74, 6) is 6.85. The van der Waals surface area contributed by atoms with E-state index in [1.165, 1.54) is 0 Å². The number of halogens is 3. The molecule has 4 aliphatic heterocycles. The third-order valence-corrected chi connectivity index (χ3v) is 7.99. The third-order valence-electron chi connectivity index (χ3n) is 7.99. The van der Waals surface area contributed by atoms with E-state index in [0.717, 1.165) is 49.0 Å². The van der Waals surface area contributed by atoms with Crippen molar-refractivity contribution < 1.29 is 27.4 Å². The zero-order valence-corrected chi connectivity index (χ0v) is 21.7. The van der Waals surface area contributed by atoms with E-state index >= 15 is 0 Å². The van der Waals surface area contributed by atoms with Gasteiger partial charge in [-0.05, 0) is 62.1 Å². The molecule has 2 aromatic rings. The summed E-state index contributed by atoms with van der Waals surface area (Å²) in [4.78, 5) is 40.5. The molecular weight excluding hydrogens is 523 g/mol. The van der Waals surface area contributed by atoms with Gasteiger partial charge in [0.05, 0.1) is 23.5 Å². The van der Waals surface area contributed by atoms with Crippen molar-refractivity contribution in [3.05, 3.63) is 82.6 Å². The average molecular weight is 551 g/mol. The molecule has 2 fully saturated rings. The Kier molecular flexibility index (Phi) is 6.19. The van der Waals surface area contributed by atoms with Gasteiger partial charge >= 0.3 is 6.18 Å². The first-order valence-electron chi connectivity index (χ1n) is 13.0. The normalized spacial score (nSPS) is 25.7. The number of allylic oxidation sites excluding steroid dienone is 1. The standard InChI is InChI=1S/C28H26F3N7O2/c1-16-12-17(3-6-21(16)27(40)35-23-13-19(8-9-34-23)28(29,30)31)26-36-25(22-14-33-10-11-38(22,26)32)18-2-4-20-5-7-24(39)37(20)15-18/h3,6,8-14,18,20H,2,4-5,7,15,32H2,1H3/p+1/t18-,20+,38?/m1/s1. The van der Waals surface area contributed by atoms with Crippen LogP contribution in [0.1, 0.15) is 52.7 Å². The highest BCUT2D eigenvalue weighted by Crippen LogP contribution is 2.40. The van der Waals surface area contributed by atoms with Gasteiger partial charge in [0, 0.05) is 36.7 Å². The van der Waals surface area contributed by atoms with Crippen LogP contribution in [0.4, 0.5) is 19.0 Å². The van der Waals surface area contributed by atoms with Gasteiger partial charge < -0.3 is 10.2 Å². The third kappa shape index (κ3) is 4.42. The van der Waals surface area contributed by atoms with Gasteiger partial charge in [0.2, 0.25) is 11.6 Å². The molecule has 5 heterocycles. The minimum Gasteiger partial charge on any atom is -0.339 e. The monoisotopic (exact) mass is 550 g/mol. The number of piperidine rings is 1. The highest BCUT2D eigenvalue weighted by molar-refractivity contribution is 6.06. The second-order valence-corrected chi connectivity index (χ2v) is 10.5. The molecule has 0 spiro atoms. The number of hydrogen-bond acceptors (Lipinski definition) is 6. The minimum absolute atomic E-state index is 0.0240. The lowest BCUT2D eigenvalue weighted by atomic mass is 9.90. The van der Waals surface area contributed by atoms with Crippen LogP contribution in [0.15, 0.2) is 70.3 Å². The number of nitrogens with zero attached hydrogens (tertiary/aromatic N) is 5. The zero-order chi connectivity index (χ0) is 28.2. The number of nitrogens with one attached hydrogen (secondary N) is 1. The highest BCUT2D eigenvalue weighted by atomic mass is 19.4. The van der Waals surface area contributed by atoms with Crippen molar-refractivity contribution >= 4 is 29.7 Å². The van der Waals surface area contributed by atoms with E-state index in [1.54, 1.807) is 43.7 Å². The van der Waals surface area contributed by atoms with E-state index in [4.69, 9.17) is 10.8 Å². The van der Waals surface area contributed by atoms with Crippen LogP contribution in [0.2, 0.25) is 0 Å². The van der Waals surface area contributed by atoms with Crippen LogP contribution in [0, 0.1) is 12.8 Å². The second-order valence-electron chi connectivity index (χ2n) is 10.5. The molecule has 4 aliphatic rings. The highest BCUT2D eigenvalue weighted by Gasteiger charge is 2.48. The summed E-state index contributed by atoms with van der Waals surface area (Å²) in [5.41, 5.74) is 2.19. The Balaban J connectivity index is 1.28. The van der Waals surface area contributed by atoms with Crippen molar-refractivity contribution in [3.63, 3.8) is 0 Å². The minimum atomic E-state index is -4.55. The Hall–Kier alpha value is -4.16. The molecule has 0 bridgehead atoms. The Morgan fingerprint density at radius 2 is 2.00 bits per heavy atom. The van der Waals surface area contributed by atoms with Gasteiger partial charge in [-0.25, -0.2) is 4.98 Å². The van der Waals surface area contributed by atoms with Gasteiger partial charge in [0.25, 0.3) is 11.7 Å². The van der Waals surface area contributed by atoms with Crippen LogP contribution in [0.25, 0.3) is 0 Å². The Labute approximate surface area is 228 Å². The lowest BCUT2D eigenvalue weighted by Crippen LogP contribution is -2.53. The van der Waals surface area contributed by atoms with Gasteiger partial charge in [-0.1, -0.05) is 0 Å². The summed E-state index contributed by atoms with van der Waals surface area (Å²) in [5, 5.41) is 2.45. The number of hydrogen-bond donors (Lipinski definition) is 2. The molecule has 3 N–H and O–H groups in total. The first-order chi connectivity index (χ1) is 19.0. The number of aliphatic imine (C=N–C) groups is 2. The molecule has 0 saturated carbocycles. The quantitative estimate of drug-likeness (QED) is 0.437. The first-order valence-corrected chi connectivity index (χ1v) is 13.0. The van der Waals surface area contributed by atoms with Gasteiger partial charge in [-0.2, -0.15) is 24.0 Å². The van der Waals surface area contributed by atoms with Crippen molar-refractivity contribution in [1.82, 2.24) is 9.88 Å². The van der Waals surface area contributed by atoms with E-state index < -0.39 is 17.6 Å². The summed E-state index contributed by atoms with van der Waals surface area (Å²) in [6.45, 7) is 2.33. The molecule has 2 saturated heterocycles.